The van der Waals surface area contributed by atoms with Crippen molar-refractivity contribution in [3.8, 4) is 0 Å². The molecule has 2 atom stereocenters. The SMILES string of the molecule is CC(C)[C@@]12C=C[C@](C)(CC1)OO2. The first kappa shape index (κ1) is 8.27. The topological polar surface area (TPSA) is 18.5 Å². The molecule has 3 aliphatic rings. The summed E-state index contributed by atoms with van der Waals surface area (Å²) in [4.78, 5) is 10.8. The van der Waals surface area contributed by atoms with E-state index in [0.717, 1.165) is 12.8 Å². The quantitative estimate of drug-likeness (QED) is 0.442. The Morgan fingerprint density at radius 1 is 1.17 bits per heavy atom. The van der Waals surface area contributed by atoms with E-state index < -0.39 is 0 Å². The monoisotopic (exact) mass is 168 g/mol. The van der Waals surface area contributed by atoms with Crippen LogP contribution in [0.1, 0.15) is 33.6 Å². The normalized spacial score (nSPS) is 45.7. The molecule has 0 N–H and O–H groups in total. The van der Waals surface area contributed by atoms with Crippen molar-refractivity contribution in [2.24, 2.45) is 5.92 Å². The van der Waals surface area contributed by atoms with Gasteiger partial charge < -0.3 is 0 Å². The molecule has 2 aliphatic heterocycles. The molecule has 0 aromatic carbocycles. The van der Waals surface area contributed by atoms with Crippen molar-refractivity contribution < 1.29 is 9.78 Å². The van der Waals surface area contributed by atoms with E-state index in [1.54, 1.807) is 0 Å². The lowest BCUT2D eigenvalue weighted by atomic mass is 9.76. The Morgan fingerprint density at radius 3 is 2.25 bits per heavy atom. The maximum absolute atomic E-state index is 5.44. The van der Waals surface area contributed by atoms with Gasteiger partial charge in [-0.1, -0.05) is 26.0 Å². The zero-order valence-electron chi connectivity index (χ0n) is 7.96. The number of rotatable bonds is 1. The van der Waals surface area contributed by atoms with Gasteiger partial charge >= 0.3 is 0 Å². The molecule has 68 valence electrons. The molecule has 3 rings (SSSR count). The predicted molar refractivity (Wildman–Crippen MR) is 46.5 cm³/mol. The largest absolute Gasteiger partial charge is 0.225 e. The average Bonchev–Trinajstić information content (AvgIpc) is 2.06. The summed E-state index contributed by atoms with van der Waals surface area (Å²) in [6.45, 7) is 6.40. The maximum Gasteiger partial charge on any atom is 0.124 e. The molecule has 0 radical (unpaired) electrons. The first-order valence-electron chi connectivity index (χ1n) is 4.64. The second kappa shape index (κ2) is 2.33. The Morgan fingerprint density at radius 2 is 1.92 bits per heavy atom. The Balaban J connectivity index is 2.28. The highest BCUT2D eigenvalue weighted by atomic mass is 17.2. The Hall–Kier alpha value is -0.340. The summed E-state index contributed by atoms with van der Waals surface area (Å²) in [5.74, 6) is 0.485. The second-order valence-electron chi connectivity index (χ2n) is 4.42. The summed E-state index contributed by atoms with van der Waals surface area (Å²) in [6.07, 6.45) is 6.46. The second-order valence-corrected chi connectivity index (χ2v) is 4.42. The van der Waals surface area contributed by atoms with E-state index in [-0.39, 0.29) is 11.2 Å². The molecular weight excluding hydrogens is 152 g/mol. The van der Waals surface area contributed by atoms with Crippen LogP contribution in [0.5, 0.6) is 0 Å². The van der Waals surface area contributed by atoms with E-state index >= 15 is 0 Å². The molecule has 0 unspecified atom stereocenters. The van der Waals surface area contributed by atoms with Gasteiger partial charge in [0, 0.05) is 0 Å². The Kier molecular flexibility index (Phi) is 1.61. The van der Waals surface area contributed by atoms with Crippen LogP contribution < -0.4 is 0 Å². The third-order valence-corrected chi connectivity index (χ3v) is 3.09. The van der Waals surface area contributed by atoms with Gasteiger partial charge in [-0.15, -0.1) is 0 Å². The summed E-state index contributed by atoms with van der Waals surface area (Å²) in [5.41, 5.74) is -0.297. The van der Waals surface area contributed by atoms with Crippen LogP contribution in [0, 0.1) is 5.92 Å². The maximum atomic E-state index is 5.44. The Bertz CT molecular complexity index is 210. The molecule has 2 heteroatoms. The number of hydrogen-bond donors (Lipinski definition) is 0. The number of fused-ring (bicyclic) bond motifs is 2. The molecule has 0 aromatic heterocycles. The third-order valence-electron chi connectivity index (χ3n) is 3.09. The van der Waals surface area contributed by atoms with E-state index in [4.69, 9.17) is 9.78 Å². The number of hydrogen-bond acceptors (Lipinski definition) is 2. The molecular formula is C10H16O2. The van der Waals surface area contributed by atoms with Crippen LogP contribution in [-0.4, -0.2) is 11.2 Å². The van der Waals surface area contributed by atoms with Crippen molar-refractivity contribution >= 4 is 0 Å². The highest BCUT2D eigenvalue weighted by Gasteiger charge is 2.47. The molecule has 1 saturated heterocycles. The van der Waals surface area contributed by atoms with Gasteiger partial charge in [0.05, 0.1) is 0 Å². The minimum absolute atomic E-state index is 0.141. The van der Waals surface area contributed by atoms with Crippen molar-refractivity contribution in [1.82, 2.24) is 0 Å². The molecule has 1 aliphatic carbocycles. The predicted octanol–water partition coefficient (Wildman–Crippen LogP) is 2.45. The van der Waals surface area contributed by atoms with Crippen LogP contribution in [0.15, 0.2) is 12.2 Å². The van der Waals surface area contributed by atoms with Gasteiger partial charge in [0.25, 0.3) is 0 Å². The first-order valence-corrected chi connectivity index (χ1v) is 4.64. The minimum atomic E-state index is -0.156. The van der Waals surface area contributed by atoms with E-state index in [1.165, 1.54) is 0 Å². The molecule has 0 amide bonds. The van der Waals surface area contributed by atoms with Gasteiger partial charge in [0.2, 0.25) is 0 Å². The lowest BCUT2D eigenvalue weighted by molar-refractivity contribution is -0.431. The smallest absolute Gasteiger partial charge is 0.124 e. The highest BCUT2D eigenvalue weighted by molar-refractivity contribution is 5.17. The van der Waals surface area contributed by atoms with Crippen molar-refractivity contribution in [1.29, 1.82) is 0 Å². The summed E-state index contributed by atoms with van der Waals surface area (Å²) in [7, 11) is 0. The van der Waals surface area contributed by atoms with Gasteiger partial charge in [0.1, 0.15) is 11.2 Å². The molecule has 0 aromatic rings. The van der Waals surface area contributed by atoms with Crippen molar-refractivity contribution in [3.63, 3.8) is 0 Å². The van der Waals surface area contributed by atoms with Gasteiger partial charge in [-0.05, 0) is 25.7 Å². The van der Waals surface area contributed by atoms with Crippen LogP contribution in [0.3, 0.4) is 0 Å². The third kappa shape index (κ3) is 1.02. The summed E-state index contributed by atoms with van der Waals surface area (Å²) < 4.78 is 0. The zero-order chi connectivity index (χ0) is 8.82. The van der Waals surface area contributed by atoms with Crippen molar-refractivity contribution in [2.75, 3.05) is 0 Å². The van der Waals surface area contributed by atoms with Gasteiger partial charge in [-0.2, -0.15) is 0 Å². The highest BCUT2D eigenvalue weighted by Crippen LogP contribution is 2.44. The lowest BCUT2D eigenvalue weighted by Crippen LogP contribution is -2.50. The van der Waals surface area contributed by atoms with E-state index in [2.05, 4.69) is 32.9 Å². The minimum Gasteiger partial charge on any atom is -0.225 e. The summed E-state index contributed by atoms with van der Waals surface area (Å²) in [5, 5.41) is 0. The summed E-state index contributed by atoms with van der Waals surface area (Å²) >= 11 is 0. The van der Waals surface area contributed by atoms with Crippen LogP contribution >= 0.6 is 0 Å². The molecule has 0 spiro atoms. The fourth-order valence-electron chi connectivity index (χ4n) is 1.82. The van der Waals surface area contributed by atoms with Gasteiger partial charge in [-0.3, -0.25) is 0 Å². The first-order chi connectivity index (χ1) is 5.56. The van der Waals surface area contributed by atoms with Crippen LogP contribution in [0.25, 0.3) is 0 Å². The molecule has 2 nitrogen and oxygen atoms in total. The fraction of sp³-hybridized carbons (Fsp3) is 0.800. The zero-order valence-corrected chi connectivity index (χ0v) is 7.96. The lowest BCUT2D eigenvalue weighted by Gasteiger charge is -2.47. The summed E-state index contributed by atoms with van der Waals surface area (Å²) in [6, 6.07) is 0. The molecule has 2 bridgehead atoms. The van der Waals surface area contributed by atoms with E-state index in [1.807, 2.05) is 0 Å². The van der Waals surface area contributed by atoms with Crippen molar-refractivity contribution in [2.45, 2.75) is 44.8 Å². The van der Waals surface area contributed by atoms with Crippen LogP contribution in [-0.2, 0) is 9.78 Å². The molecule has 12 heavy (non-hydrogen) atoms. The average molecular weight is 168 g/mol. The standard InChI is InChI=1S/C10H16O2/c1-8(2)10-6-4-9(3,5-7-10)11-12-10/h4,6,8H,5,7H2,1-3H3/t9-,10-/m1/s1. The molecule has 2 heterocycles. The van der Waals surface area contributed by atoms with E-state index in [0.29, 0.717) is 5.92 Å². The van der Waals surface area contributed by atoms with Gasteiger partial charge in [0.15, 0.2) is 0 Å². The van der Waals surface area contributed by atoms with Crippen LogP contribution in [0.4, 0.5) is 0 Å². The van der Waals surface area contributed by atoms with Crippen LogP contribution in [0.2, 0.25) is 0 Å². The van der Waals surface area contributed by atoms with Crippen molar-refractivity contribution in [3.05, 3.63) is 12.2 Å². The fourth-order valence-corrected chi connectivity index (χ4v) is 1.82. The van der Waals surface area contributed by atoms with E-state index in [9.17, 15) is 0 Å². The molecule has 0 saturated carbocycles. The van der Waals surface area contributed by atoms with Gasteiger partial charge in [-0.25, -0.2) is 9.78 Å². The molecule has 1 fully saturated rings. The Labute approximate surface area is 73.5 Å².